The Morgan fingerprint density at radius 1 is 1.12 bits per heavy atom. The molecule has 1 amide bonds. The molecule has 0 spiro atoms. The van der Waals surface area contributed by atoms with Crippen molar-refractivity contribution in [2.24, 2.45) is 0 Å². The molecule has 1 aliphatic heterocycles. The normalized spacial score (nSPS) is 12.7. The number of aromatic nitrogens is 3. The summed E-state index contributed by atoms with van der Waals surface area (Å²) in [4.78, 5) is 13.7. The predicted octanol–water partition coefficient (Wildman–Crippen LogP) is 4.90. The summed E-state index contributed by atoms with van der Waals surface area (Å²) in [7, 11) is 1.63. The molecule has 0 unspecified atom stereocenters. The third kappa shape index (κ3) is 4.73. The van der Waals surface area contributed by atoms with Gasteiger partial charge in [-0.1, -0.05) is 30.0 Å². The molecule has 0 saturated heterocycles. The molecule has 1 N–H and O–H groups in total. The number of fused-ring (bicyclic) bond motifs is 1. The lowest BCUT2D eigenvalue weighted by atomic mass is 10.2. The van der Waals surface area contributed by atoms with Crippen LogP contribution in [0.4, 0.5) is 5.69 Å². The van der Waals surface area contributed by atoms with Gasteiger partial charge in [-0.3, -0.25) is 9.36 Å². The van der Waals surface area contributed by atoms with E-state index in [9.17, 15) is 4.79 Å². The molecule has 34 heavy (non-hydrogen) atoms. The minimum atomic E-state index is -0.160. The average molecular weight is 495 g/mol. The van der Waals surface area contributed by atoms with E-state index in [4.69, 9.17) is 14.2 Å². The van der Waals surface area contributed by atoms with Crippen LogP contribution in [0.1, 0.15) is 6.42 Å². The fourth-order valence-corrected chi connectivity index (χ4v) is 4.97. The molecule has 0 saturated carbocycles. The van der Waals surface area contributed by atoms with Gasteiger partial charge < -0.3 is 19.5 Å². The van der Waals surface area contributed by atoms with Crippen LogP contribution in [-0.2, 0) is 4.79 Å². The number of nitrogens with zero attached hydrogens (tertiary/aromatic N) is 3. The summed E-state index contributed by atoms with van der Waals surface area (Å²) in [5, 5.41) is 14.3. The first kappa shape index (κ1) is 22.3. The van der Waals surface area contributed by atoms with E-state index >= 15 is 0 Å². The number of anilines is 1. The minimum absolute atomic E-state index is 0.159. The second-order valence-electron chi connectivity index (χ2n) is 7.34. The summed E-state index contributed by atoms with van der Waals surface area (Å²) in [5.74, 6) is 2.72. The number of hydrogen-bond acceptors (Lipinski definition) is 8. The molecule has 2 aromatic carbocycles. The van der Waals surface area contributed by atoms with E-state index in [0.29, 0.717) is 47.1 Å². The van der Waals surface area contributed by atoms with Crippen LogP contribution in [0.5, 0.6) is 17.2 Å². The topological polar surface area (TPSA) is 87.5 Å². The quantitative estimate of drug-likeness (QED) is 0.366. The number of carbonyl (C=O) groups excluding carboxylic acids is 1. The van der Waals surface area contributed by atoms with Crippen molar-refractivity contribution in [3.63, 3.8) is 0 Å². The van der Waals surface area contributed by atoms with Gasteiger partial charge in [0.2, 0.25) is 5.91 Å². The molecular weight excluding hydrogens is 472 g/mol. The van der Waals surface area contributed by atoms with Crippen molar-refractivity contribution in [2.45, 2.75) is 11.6 Å². The fourth-order valence-electron chi connectivity index (χ4n) is 3.53. The molecular formula is C24H22N4O4S2. The lowest BCUT2D eigenvalue weighted by Gasteiger charge is -2.13. The monoisotopic (exact) mass is 494 g/mol. The van der Waals surface area contributed by atoms with Crippen LogP contribution in [-0.4, -0.2) is 46.7 Å². The number of rotatable bonds is 7. The largest absolute Gasteiger partial charge is 0.495 e. The van der Waals surface area contributed by atoms with Gasteiger partial charge in [0.15, 0.2) is 22.5 Å². The number of hydrogen-bond donors (Lipinski definition) is 1. The first-order chi connectivity index (χ1) is 16.7. The highest BCUT2D eigenvalue weighted by Crippen LogP contribution is 2.35. The number of amides is 1. The van der Waals surface area contributed by atoms with Crippen molar-refractivity contribution in [3.8, 4) is 33.6 Å². The first-order valence-electron chi connectivity index (χ1n) is 10.7. The van der Waals surface area contributed by atoms with Crippen LogP contribution in [0.3, 0.4) is 0 Å². The second kappa shape index (κ2) is 10.2. The van der Waals surface area contributed by atoms with Gasteiger partial charge in [-0.25, -0.2) is 0 Å². The maximum absolute atomic E-state index is 12.7. The van der Waals surface area contributed by atoms with Gasteiger partial charge in [0.1, 0.15) is 5.75 Å². The number of benzene rings is 2. The van der Waals surface area contributed by atoms with Crippen molar-refractivity contribution < 1.29 is 19.0 Å². The standard InChI is InChI=1S/C24H22N4O4S2/c1-30-18-7-3-2-6-17(18)28-23(21-8-4-13-33-21)26-27-24(28)34-15-22(29)25-16-9-10-19-20(14-16)32-12-5-11-31-19/h2-4,6-10,13-14H,5,11-12,15H2,1H3,(H,25,29). The summed E-state index contributed by atoms with van der Waals surface area (Å²) in [6, 6.07) is 17.0. The van der Waals surface area contributed by atoms with E-state index in [1.165, 1.54) is 11.8 Å². The van der Waals surface area contributed by atoms with Crippen LogP contribution in [0.2, 0.25) is 0 Å². The van der Waals surface area contributed by atoms with E-state index in [1.807, 2.05) is 58.5 Å². The maximum atomic E-state index is 12.7. The zero-order chi connectivity index (χ0) is 23.3. The molecule has 10 heteroatoms. The maximum Gasteiger partial charge on any atom is 0.234 e. The van der Waals surface area contributed by atoms with E-state index in [0.717, 1.165) is 17.0 Å². The summed E-state index contributed by atoms with van der Waals surface area (Å²) >= 11 is 2.88. The van der Waals surface area contributed by atoms with Gasteiger partial charge in [-0.15, -0.1) is 21.5 Å². The average Bonchev–Trinajstić information content (AvgIpc) is 3.48. The third-order valence-corrected chi connectivity index (χ3v) is 6.86. The molecule has 8 nitrogen and oxygen atoms in total. The van der Waals surface area contributed by atoms with E-state index in [2.05, 4.69) is 15.5 Å². The Labute approximate surface area is 204 Å². The Morgan fingerprint density at radius 3 is 2.79 bits per heavy atom. The lowest BCUT2D eigenvalue weighted by Crippen LogP contribution is -2.14. The molecule has 2 aromatic heterocycles. The summed E-state index contributed by atoms with van der Waals surface area (Å²) in [6.45, 7) is 1.21. The summed E-state index contributed by atoms with van der Waals surface area (Å²) in [6.07, 6.45) is 0.827. The Balaban J connectivity index is 1.36. The Kier molecular flexibility index (Phi) is 6.68. The van der Waals surface area contributed by atoms with Crippen molar-refractivity contribution >= 4 is 34.7 Å². The first-order valence-corrected chi connectivity index (χ1v) is 12.5. The highest BCUT2D eigenvalue weighted by Gasteiger charge is 2.20. The predicted molar refractivity (Wildman–Crippen MR) is 133 cm³/mol. The number of carbonyl (C=O) groups is 1. The molecule has 174 valence electrons. The Morgan fingerprint density at radius 2 is 1.97 bits per heavy atom. The zero-order valence-corrected chi connectivity index (χ0v) is 20.0. The van der Waals surface area contributed by atoms with Crippen molar-refractivity contribution in [3.05, 3.63) is 60.0 Å². The van der Waals surface area contributed by atoms with E-state index in [1.54, 1.807) is 24.5 Å². The van der Waals surface area contributed by atoms with Crippen molar-refractivity contribution in [1.82, 2.24) is 14.8 Å². The summed E-state index contributed by atoms with van der Waals surface area (Å²) < 4.78 is 18.9. The van der Waals surface area contributed by atoms with Gasteiger partial charge in [-0.05, 0) is 35.7 Å². The number of thiophene rings is 1. The van der Waals surface area contributed by atoms with Crippen LogP contribution in [0.15, 0.2) is 65.1 Å². The fraction of sp³-hybridized carbons (Fsp3) is 0.208. The third-order valence-electron chi connectivity index (χ3n) is 5.06. The van der Waals surface area contributed by atoms with Crippen molar-refractivity contribution in [1.29, 1.82) is 0 Å². The number of thioether (sulfide) groups is 1. The van der Waals surface area contributed by atoms with Crippen molar-refractivity contribution in [2.75, 3.05) is 31.4 Å². The van der Waals surface area contributed by atoms with Crippen LogP contribution in [0, 0.1) is 0 Å². The number of methoxy groups -OCH3 is 1. The van der Waals surface area contributed by atoms with Gasteiger partial charge in [0.05, 0.1) is 36.6 Å². The van der Waals surface area contributed by atoms with E-state index in [-0.39, 0.29) is 11.7 Å². The Bertz CT molecular complexity index is 1290. The van der Waals surface area contributed by atoms with Gasteiger partial charge in [0, 0.05) is 18.2 Å². The summed E-state index contributed by atoms with van der Waals surface area (Å²) in [5.41, 5.74) is 1.46. The molecule has 0 bridgehead atoms. The zero-order valence-electron chi connectivity index (χ0n) is 18.4. The molecule has 0 fully saturated rings. The SMILES string of the molecule is COc1ccccc1-n1c(SCC(=O)Nc2ccc3c(c2)OCCCO3)nnc1-c1cccs1. The van der Waals surface area contributed by atoms with E-state index < -0.39 is 0 Å². The number of ether oxygens (including phenoxy) is 3. The number of nitrogens with one attached hydrogen (secondary N) is 1. The molecule has 0 atom stereocenters. The van der Waals surface area contributed by atoms with Crippen LogP contribution < -0.4 is 19.5 Å². The molecule has 4 aromatic rings. The Hall–Kier alpha value is -3.50. The molecule has 1 aliphatic rings. The smallest absolute Gasteiger partial charge is 0.234 e. The highest BCUT2D eigenvalue weighted by atomic mass is 32.2. The number of para-hydroxylation sites is 2. The minimum Gasteiger partial charge on any atom is -0.495 e. The second-order valence-corrected chi connectivity index (χ2v) is 9.23. The van der Waals surface area contributed by atoms with Gasteiger partial charge in [0.25, 0.3) is 0 Å². The molecule has 3 heterocycles. The molecule has 0 radical (unpaired) electrons. The van der Waals surface area contributed by atoms with Gasteiger partial charge >= 0.3 is 0 Å². The van der Waals surface area contributed by atoms with Crippen LogP contribution >= 0.6 is 23.1 Å². The van der Waals surface area contributed by atoms with Gasteiger partial charge in [-0.2, -0.15) is 0 Å². The molecule has 0 aliphatic carbocycles. The lowest BCUT2D eigenvalue weighted by molar-refractivity contribution is -0.113. The molecule has 5 rings (SSSR count). The van der Waals surface area contributed by atoms with Crippen LogP contribution in [0.25, 0.3) is 16.4 Å². The highest BCUT2D eigenvalue weighted by molar-refractivity contribution is 7.99.